The van der Waals surface area contributed by atoms with Gasteiger partial charge in [-0.3, -0.25) is 0 Å². The van der Waals surface area contributed by atoms with E-state index in [1.807, 2.05) is 30.3 Å². The minimum absolute atomic E-state index is 0.128. The van der Waals surface area contributed by atoms with E-state index < -0.39 is 0 Å². The van der Waals surface area contributed by atoms with Crippen LogP contribution in [0.15, 0.2) is 30.3 Å². The third-order valence-electron chi connectivity index (χ3n) is 2.32. The van der Waals surface area contributed by atoms with Crippen LogP contribution in [0, 0.1) is 11.8 Å². The largest absolute Gasteiger partial charge is 0.0812 e. The summed E-state index contributed by atoms with van der Waals surface area (Å²) in [5, 5.41) is 0.822. The first-order valence-electron chi connectivity index (χ1n) is 5.11. The molecular formula is C14H5Cl5. The second kappa shape index (κ2) is 6.27. The number of rotatable bonds is 0. The van der Waals surface area contributed by atoms with Crippen molar-refractivity contribution in [3.8, 4) is 11.8 Å². The molecule has 0 atom stereocenters. The summed E-state index contributed by atoms with van der Waals surface area (Å²) in [4.78, 5) is 0. The Morgan fingerprint density at radius 2 is 1.05 bits per heavy atom. The van der Waals surface area contributed by atoms with Gasteiger partial charge in [0.1, 0.15) is 0 Å². The molecule has 0 saturated heterocycles. The van der Waals surface area contributed by atoms with Crippen LogP contribution in [0.1, 0.15) is 11.1 Å². The molecule has 5 heteroatoms. The highest BCUT2D eigenvalue weighted by molar-refractivity contribution is 6.55. The number of hydrogen-bond donors (Lipinski definition) is 0. The first-order chi connectivity index (χ1) is 9.02. The Balaban J connectivity index is 2.57. The average Bonchev–Trinajstić information content (AvgIpc) is 2.44. The summed E-state index contributed by atoms with van der Waals surface area (Å²) >= 11 is 30.0. The van der Waals surface area contributed by atoms with E-state index in [9.17, 15) is 0 Å². The first kappa shape index (κ1) is 14.9. The molecule has 19 heavy (non-hydrogen) atoms. The zero-order valence-electron chi connectivity index (χ0n) is 9.28. The molecule has 2 rings (SSSR count). The summed E-state index contributed by atoms with van der Waals surface area (Å²) in [7, 11) is 0. The van der Waals surface area contributed by atoms with Crippen molar-refractivity contribution in [3.05, 3.63) is 66.6 Å². The average molecular weight is 350 g/mol. The Labute approximate surface area is 136 Å². The van der Waals surface area contributed by atoms with Crippen LogP contribution in [0.3, 0.4) is 0 Å². The molecule has 0 fully saturated rings. The van der Waals surface area contributed by atoms with E-state index in [1.165, 1.54) is 0 Å². The summed E-state index contributed by atoms with van der Waals surface area (Å²) in [5.41, 5.74) is 1.20. The summed E-state index contributed by atoms with van der Waals surface area (Å²) in [5.74, 6) is 5.80. The molecular weight excluding hydrogens is 345 g/mol. The topological polar surface area (TPSA) is 0 Å². The molecule has 0 unspecified atom stereocenters. The summed E-state index contributed by atoms with van der Waals surface area (Å²) in [6.45, 7) is 0. The van der Waals surface area contributed by atoms with Gasteiger partial charge in [0.2, 0.25) is 0 Å². The lowest BCUT2D eigenvalue weighted by atomic mass is 10.2. The predicted octanol–water partition coefficient (Wildman–Crippen LogP) is 6.35. The van der Waals surface area contributed by atoms with E-state index >= 15 is 0 Å². The van der Waals surface area contributed by atoms with Crippen molar-refractivity contribution in [2.45, 2.75) is 0 Å². The molecule has 96 valence electrons. The van der Waals surface area contributed by atoms with Gasteiger partial charge in [0.25, 0.3) is 0 Å². The predicted molar refractivity (Wildman–Crippen MR) is 83.9 cm³/mol. The van der Waals surface area contributed by atoms with Crippen LogP contribution in [0.2, 0.25) is 25.1 Å². The van der Waals surface area contributed by atoms with Crippen LogP contribution in [-0.4, -0.2) is 0 Å². The molecule has 0 N–H and O–H groups in total. The van der Waals surface area contributed by atoms with Gasteiger partial charge in [0, 0.05) is 5.56 Å². The highest BCUT2D eigenvalue weighted by Gasteiger charge is 2.17. The van der Waals surface area contributed by atoms with E-state index in [2.05, 4.69) is 11.8 Å². The molecule has 0 saturated carbocycles. The molecule has 2 aromatic carbocycles. The highest BCUT2D eigenvalue weighted by atomic mass is 35.5. The normalized spacial score (nSPS) is 9.95. The molecule has 0 spiro atoms. The van der Waals surface area contributed by atoms with Crippen molar-refractivity contribution in [1.29, 1.82) is 0 Å². The van der Waals surface area contributed by atoms with Gasteiger partial charge in [0.15, 0.2) is 0 Å². The van der Waals surface area contributed by atoms with Gasteiger partial charge in [-0.2, -0.15) is 0 Å². The molecule has 0 nitrogen and oxygen atoms in total. The van der Waals surface area contributed by atoms with E-state index in [0.717, 1.165) is 5.56 Å². The Morgan fingerprint density at radius 3 is 1.58 bits per heavy atom. The van der Waals surface area contributed by atoms with Gasteiger partial charge in [-0.15, -0.1) is 0 Å². The quantitative estimate of drug-likeness (QED) is 0.295. The van der Waals surface area contributed by atoms with Crippen LogP contribution in [0.4, 0.5) is 0 Å². The Morgan fingerprint density at radius 1 is 0.579 bits per heavy atom. The van der Waals surface area contributed by atoms with E-state index in [4.69, 9.17) is 58.0 Å². The van der Waals surface area contributed by atoms with E-state index in [0.29, 0.717) is 5.56 Å². The fourth-order valence-corrected chi connectivity index (χ4v) is 2.60. The van der Waals surface area contributed by atoms with Crippen molar-refractivity contribution in [2.24, 2.45) is 0 Å². The maximum absolute atomic E-state index is 6.08. The van der Waals surface area contributed by atoms with Gasteiger partial charge >= 0.3 is 0 Å². The van der Waals surface area contributed by atoms with E-state index in [1.54, 1.807) is 0 Å². The molecule has 0 aliphatic heterocycles. The van der Waals surface area contributed by atoms with Crippen molar-refractivity contribution in [1.82, 2.24) is 0 Å². The third-order valence-corrected chi connectivity index (χ3v) is 4.59. The van der Waals surface area contributed by atoms with Crippen LogP contribution in [0.5, 0.6) is 0 Å². The lowest BCUT2D eigenvalue weighted by Crippen LogP contribution is -1.86. The van der Waals surface area contributed by atoms with Gasteiger partial charge in [0.05, 0.1) is 30.7 Å². The fraction of sp³-hybridized carbons (Fsp3) is 0. The second-order valence-electron chi connectivity index (χ2n) is 3.56. The lowest BCUT2D eigenvalue weighted by molar-refractivity contribution is 1.62. The standard InChI is InChI=1S/C14H5Cl5/c15-10-9(7-6-8-4-2-1-3-5-8)11(16)13(18)14(19)12(10)17/h1-5H. The van der Waals surface area contributed by atoms with Crippen molar-refractivity contribution in [2.75, 3.05) is 0 Å². The Bertz CT molecular complexity index is 651. The van der Waals surface area contributed by atoms with Crippen molar-refractivity contribution >= 4 is 58.0 Å². The maximum atomic E-state index is 6.08. The number of benzene rings is 2. The second-order valence-corrected chi connectivity index (χ2v) is 5.45. The first-order valence-corrected chi connectivity index (χ1v) is 7.00. The van der Waals surface area contributed by atoms with Crippen LogP contribution < -0.4 is 0 Å². The van der Waals surface area contributed by atoms with Crippen molar-refractivity contribution in [3.63, 3.8) is 0 Å². The number of hydrogen-bond acceptors (Lipinski definition) is 0. The molecule has 0 aromatic heterocycles. The molecule has 2 aromatic rings. The molecule has 0 bridgehead atoms. The summed E-state index contributed by atoms with van der Waals surface area (Å²) in [6.07, 6.45) is 0. The molecule has 0 heterocycles. The molecule has 0 amide bonds. The van der Waals surface area contributed by atoms with Gasteiger partial charge in [-0.25, -0.2) is 0 Å². The smallest absolute Gasteiger partial charge is 0.0809 e. The minimum atomic E-state index is 0.128. The Hall–Kier alpha value is -0.550. The monoisotopic (exact) mass is 348 g/mol. The minimum Gasteiger partial charge on any atom is -0.0812 e. The van der Waals surface area contributed by atoms with Crippen LogP contribution >= 0.6 is 58.0 Å². The maximum Gasteiger partial charge on any atom is 0.0809 e. The summed E-state index contributed by atoms with van der Waals surface area (Å²) in [6, 6.07) is 9.41. The van der Waals surface area contributed by atoms with Gasteiger partial charge in [-0.1, -0.05) is 88.0 Å². The Kier molecular flexibility index (Phi) is 4.90. The van der Waals surface area contributed by atoms with Gasteiger partial charge in [-0.05, 0) is 12.1 Å². The van der Waals surface area contributed by atoms with Gasteiger partial charge < -0.3 is 0 Å². The van der Waals surface area contributed by atoms with E-state index in [-0.39, 0.29) is 25.1 Å². The highest BCUT2D eigenvalue weighted by Crippen LogP contribution is 2.43. The molecule has 0 aliphatic rings. The zero-order chi connectivity index (χ0) is 14.0. The zero-order valence-corrected chi connectivity index (χ0v) is 13.1. The van der Waals surface area contributed by atoms with Crippen LogP contribution in [-0.2, 0) is 0 Å². The van der Waals surface area contributed by atoms with Crippen molar-refractivity contribution < 1.29 is 0 Å². The molecule has 0 radical (unpaired) electrons. The molecule has 0 aliphatic carbocycles. The number of halogens is 5. The van der Waals surface area contributed by atoms with Crippen LogP contribution in [0.25, 0.3) is 0 Å². The lowest BCUT2D eigenvalue weighted by Gasteiger charge is -2.07. The SMILES string of the molecule is Clc1c(Cl)c(Cl)c(C#Cc2ccccc2)c(Cl)c1Cl. The summed E-state index contributed by atoms with van der Waals surface area (Å²) < 4.78 is 0. The third kappa shape index (κ3) is 3.14. The fourth-order valence-electron chi connectivity index (χ4n) is 1.37.